The van der Waals surface area contributed by atoms with Crippen molar-refractivity contribution in [2.75, 3.05) is 13.1 Å². The lowest BCUT2D eigenvalue weighted by Crippen LogP contribution is -2.38. The van der Waals surface area contributed by atoms with E-state index in [9.17, 15) is 4.39 Å². The number of hydrogen-bond acceptors (Lipinski definition) is 3. The summed E-state index contributed by atoms with van der Waals surface area (Å²) in [6, 6.07) is 11.9. The first-order valence-corrected chi connectivity index (χ1v) is 8.70. The third-order valence-electron chi connectivity index (χ3n) is 3.79. The fourth-order valence-corrected chi connectivity index (χ4v) is 2.45. The van der Waals surface area contributed by atoms with E-state index in [4.69, 9.17) is 4.42 Å². The highest BCUT2D eigenvalue weighted by molar-refractivity contribution is 14.0. The Hall–Kier alpha value is -2.62. The highest BCUT2D eigenvalue weighted by atomic mass is 127. The van der Waals surface area contributed by atoms with E-state index in [0.717, 1.165) is 23.6 Å². The minimum atomic E-state index is -0.269. The van der Waals surface area contributed by atoms with Gasteiger partial charge in [0.25, 0.3) is 0 Å². The van der Waals surface area contributed by atoms with Crippen LogP contribution in [-0.2, 0) is 13.0 Å². The molecule has 2 aromatic heterocycles. The van der Waals surface area contributed by atoms with Crippen LogP contribution in [0.15, 0.2) is 77.0 Å². The summed E-state index contributed by atoms with van der Waals surface area (Å²) in [5.74, 6) is 1.33. The van der Waals surface area contributed by atoms with Gasteiger partial charge in [0.1, 0.15) is 11.6 Å². The summed E-state index contributed by atoms with van der Waals surface area (Å²) in [4.78, 5) is 4.55. The van der Waals surface area contributed by atoms with Crippen LogP contribution in [0, 0.1) is 5.82 Å². The van der Waals surface area contributed by atoms with E-state index in [1.807, 2.05) is 24.4 Å². The molecule has 0 atom stereocenters. The van der Waals surface area contributed by atoms with Gasteiger partial charge >= 0.3 is 0 Å². The second-order valence-electron chi connectivity index (χ2n) is 5.82. The molecule has 0 spiro atoms. The number of rotatable bonds is 8. The van der Waals surface area contributed by atoms with Crippen molar-refractivity contribution in [2.45, 2.75) is 13.0 Å². The maximum absolute atomic E-state index is 13.0. The van der Waals surface area contributed by atoms with Crippen molar-refractivity contribution in [1.29, 1.82) is 0 Å². The van der Waals surface area contributed by atoms with Crippen molar-refractivity contribution >= 4 is 29.9 Å². The number of hydrogen-bond donors (Lipinski definition) is 2. The van der Waals surface area contributed by atoms with Crippen LogP contribution in [0.25, 0.3) is 5.69 Å². The maximum atomic E-state index is 13.0. The molecule has 0 amide bonds. The van der Waals surface area contributed by atoms with Gasteiger partial charge in [-0.15, -0.1) is 30.6 Å². The van der Waals surface area contributed by atoms with Gasteiger partial charge in [-0.1, -0.05) is 6.08 Å². The van der Waals surface area contributed by atoms with Gasteiger partial charge in [-0.25, -0.2) is 14.1 Å². The van der Waals surface area contributed by atoms with Gasteiger partial charge in [-0.05, 0) is 42.5 Å². The Kier molecular flexibility index (Phi) is 8.73. The molecule has 1 aromatic carbocycles. The molecule has 0 unspecified atom stereocenters. The Balaban J connectivity index is 0.00000280. The molecular formula is C20H23FIN5O. The first-order valence-electron chi connectivity index (χ1n) is 8.70. The molecule has 148 valence electrons. The van der Waals surface area contributed by atoms with Gasteiger partial charge in [-0.2, -0.15) is 5.10 Å². The van der Waals surface area contributed by atoms with Crippen molar-refractivity contribution < 1.29 is 8.81 Å². The fourth-order valence-electron chi connectivity index (χ4n) is 2.45. The van der Waals surface area contributed by atoms with Crippen LogP contribution in [0.2, 0.25) is 0 Å². The van der Waals surface area contributed by atoms with Crippen LogP contribution in [0.1, 0.15) is 11.5 Å². The Bertz CT molecular complexity index is 874. The molecule has 0 bridgehead atoms. The van der Waals surface area contributed by atoms with Crippen molar-refractivity contribution in [1.82, 2.24) is 20.4 Å². The predicted molar refractivity (Wildman–Crippen MR) is 119 cm³/mol. The van der Waals surface area contributed by atoms with E-state index in [0.29, 0.717) is 25.6 Å². The number of furan rings is 1. The molecule has 0 aliphatic rings. The second-order valence-corrected chi connectivity index (χ2v) is 5.82. The third-order valence-corrected chi connectivity index (χ3v) is 3.79. The van der Waals surface area contributed by atoms with Crippen molar-refractivity contribution in [3.63, 3.8) is 0 Å². The molecule has 0 saturated carbocycles. The number of halogens is 2. The van der Waals surface area contributed by atoms with Gasteiger partial charge in [0.2, 0.25) is 0 Å². The Morgan fingerprint density at radius 3 is 2.75 bits per heavy atom. The molecular weight excluding hydrogens is 472 g/mol. The Morgan fingerprint density at radius 2 is 2.04 bits per heavy atom. The van der Waals surface area contributed by atoms with E-state index < -0.39 is 0 Å². The first kappa shape index (κ1) is 21.7. The van der Waals surface area contributed by atoms with Gasteiger partial charge in [-0.3, -0.25) is 0 Å². The van der Waals surface area contributed by atoms with Crippen LogP contribution in [0.3, 0.4) is 0 Å². The molecule has 0 saturated heterocycles. The quantitative estimate of drug-likeness (QED) is 0.217. The average molecular weight is 495 g/mol. The van der Waals surface area contributed by atoms with Gasteiger partial charge < -0.3 is 15.1 Å². The maximum Gasteiger partial charge on any atom is 0.191 e. The van der Waals surface area contributed by atoms with Crippen LogP contribution in [0.5, 0.6) is 0 Å². The van der Waals surface area contributed by atoms with Gasteiger partial charge in [0.15, 0.2) is 5.96 Å². The number of aromatic nitrogens is 2. The third kappa shape index (κ3) is 6.52. The number of nitrogens with one attached hydrogen (secondary N) is 2. The summed E-state index contributed by atoms with van der Waals surface area (Å²) in [5.41, 5.74) is 1.61. The molecule has 6 nitrogen and oxygen atoms in total. The number of nitrogens with zero attached hydrogens (tertiary/aromatic N) is 3. The highest BCUT2D eigenvalue weighted by Gasteiger charge is 2.03. The highest BCUT2D eigenvalue weighted by Crippen LogP contribution is 2.09. The molecule has 3 aromatic rings. The molecule has 3 rings (SSSR count). The largest absolute Gasteiger partial charge is 0.469 e. The summed E-state index contributed by atoms with van der Waals surface area (Å²) in [6.07, 6.45) is 6.03. The van der Waals surface area contributed by atoms with Crippen molar-refractivity contribution in [2.24, 2.45) is 4.99 Å². The fraction of sp³-hybridized carbons (Fsp3) is 0.200. The van der Waals surface area contributed by atoms with Crippen LogP contribution in [-0.4, -0.2) is 28.8 Å². The summed E-state index contributed by atoms with van der Waals surface area (Å²) >= 11 is 0. The van der Waals surface area contributed by atoms with Gasteiger partial charge in [0.05, 0.1) is 24.2 Å². The minimum Gasteiger partial charge on any atom is -0.469 e. The SMILES string of the molecule is C=CCNC(=NCc1ccn(-c2ccc(F)cc2)n1)NCCc1ccco1.I. The summed E-state index contributed by atoms with van der Waals surface area (Å²) in [7, 11) is 0. The second kappa shape index (κ2) is 11.3. The summed E-state index contributed by atoms with van der Waals surface area (Å²) in [6.45, 7) is 5.43. The number of guanidine groups is 1. The standard InChI is InChI=1S/C20H22FN5O.HI/c1-2-11-22-20(23-12-9-19-4-3-14-27-19)24-15-17-10-13-26(25-17)18-7-5-16(21)6-8-18;/h2-8,10,13-14H,1,9,11-12,15H2,(H2,22,23,24);1H. The van der Waals surface area contributed by atoms with Crippen LogP contribution in [0.4, 0.5) is 4.39 Å². The molecule has 0 aliphatic heterocycles. The van der Waals surface area contributed by atoms with E-state index in [2.05, 4.69) is 27.3 Å². The Labute approximate surface area is 180 Å². The number of benzene rings is 1. The van der Waals surface area contributed by atoms with Crippen LogP contribution < -0.4 is 10.6 Å². The van der Waals surface area contributed by atoms with Crippen LogP contribution >= 0.6 is 24.0 Å². The lowest BCUT2D eigenvalue weighted by molar-refractivity contribution is 0.507. The van der Waals surface area contributed by atoms with Crippen molar-refractivity contribution in [3.8, 4) is 5.69 Å². The zero-order chi connectivity index (χ0) is 18.9. The number of aliphatic imine (C=N–C) groups is 1. The predicted octanol–water partition coefficient (Wildman–Crippen LogP) is 3.69. The van der Waals surface area contributed by atoms with E-state index in [-0.39, 0.29) is 29.8 Å². The van der Waals surface area contributed by atoms with E-state index in [1.165, 1.54) is 12.1 Å². The zero-order valence-corrected chi connectivity index (χ0v) is 17.7. The zero-order valence-electron chi connectivity index (χ0n) is 15.3. The van der Waals surface area contributed by atoms with Gasteiger partial charge in [0, 0.05) is 25.7 Å². The average Bonchev–Trinajstić information content (AvgIpc) is 3.36. The molecule has 0 fully saturated rings. The molecule has 8 heteroatoms. The minimum absolute atomic E-state index is 0. The molecule has 28 heavy (non-hydrogen) atoms. The molecule has 2 heterocycles. The molecule has 2 N–H and O–H groups in total. The van der Waals surface area contributed by atoms with E-state index >= 15 is 0 Å². The Morgan fingerprint density at radius 1 is 1.21 bits per heavy atom. The topological polar surface area (TPSA) is 67.4 Å². The lowest BCUT2D eigenvalue weighted by Gasteiger charge is -2.10. The van der Waals surface area contributed by atoms with E-state index in [1.54, 1.807) is 29.2 Å². The lowest BCUT2D eigenvalue weighted by atomic mass is 10.3. The monoisotopic (exact) mass is 495 g/mol. The first-order chi connectivity index (χ1) is 13.2. The molecule has 0 radical (unpaired) electrons. The smallest absolute Gasteiger partial charge is 0.191 e. The summed E-state index contributed by atoms with van der Waals surface area (Å²) in [5, 5.41) is 10.9. The van der Waals surface area contributed by atoms with Crippen molar-refractivity contribution in [3.05, 3.63) is 84.9 Å². The molecule has 0 aliphatic carbocycles. The summed E-state index contributed by atoms with van der Waals surface area (Å²) < 4.78 is 20.1. The normalized spacial score (nSPS) is 11.0.